The minimum absolute atomic E-state index is 0.0106. The van der Waals surface area contributed by atoms with Gasteiger partial charge in [-0.2, -0.15) is 0 Å². The Morgan fingerprint density at radius 1 is 1.36 bits per heavy atom. The third kappa shape index (κ3) is 4.47. The van der Waals surface area contributed by atoms with Gasteiger partial charge in [0.05, 0.1) is 0 Å². The standard InChI is InChI=1S/C16H23FIN3O/c1-11(2)19-16(22)21-6-4-14(5-7-21)20(3)15-9-12(17)8-13(18)10-15/h8-11,14H,4-7H2,1-3H3,(H,19,22). The largest absolute Gasteiger partial charge is 0.371 e. The summed E-state index contributed by atoms with van der Waals surface area (Å²) in [6, 6.07) is 5.58. The van der Waals surface area contributed by atoms with Gasteiger partial charge in [0.15, 0.2) is 0 Å². The molecular formula is C16H23FIN3O. The average molecular weight is 419 g/mol. The summed E-state index contributed by atoms with van der Waals surface area (Å²) in [4.78, 5) is 16.0. The maximum Gasteiger partial charge on any atom is 0.317 e. The summed E-state index contributed by atoms with van der Waals surface area (Å²) in [7, 11) is 2.00. The number of anilines is 1. The minimum atomic E-state index is -0.206. The van der Waals surface area contributed by atoms with Crippen LogP contribution in [-0.4, -0.2) is 43.2 Å². The van der Waals surface area contributed by atoms with Crippen molar-refractivity contribution in [3.63, 3.8) is 0 Å². The number of nitrogens with zero attached hydrogens (tertiary/aromatic N) is 2. The molecule has 1 aromatic carbocycles. The number of carbonyl (C=O) groups is 1. The smallest absolute Gasteiger partial charge is 0.317 e. The van der Waals surface area contributed by atoms with Crippen LogP contribution in [0.3, 0.4) is 0 Å². The van der Waals surface area contributed by atoms with Gasteiger partial charge in [-0.25, -0.2) is 9.18 Å². The predicted octanol–water partition coefficient (Wildman–Crippen LogP) is 3.45. The highest BCUT2D eigenvalue weighted by Crippen LogP contribution is 2.24. The van der Waals surface area contributed by atoms with Crippen LogP contribution in [0, 0.1) is 9.39 Å². The van der Waals surface area contributed by atoms with E-state index in [4.69, 9.17) is 0 Å². The van der Waals surface area contributed by atoms with Crippen LogP contribution >= 0.6 is 22.6 Å². The van der Waals surface area contributed by atoms with Crippen LogP contribution in [0.25, 0.3) is 0 Å². The summed E-state index contributed by atoms with van der Waals surface area (Å²) in [5, 5.41) is 2.93. The Kier molecular flexibility index (Phi) is 5.88. The number of nitrogens with one attached hydrogen (secondary N) is 1. The van der Waals surface area contributed by atoms with Crippen molar-refractivity contribution in [1.29, 1.82) is 0 Å². The van der Waals surface area contributed by atoms with E-state index in [-0.39, 0.29) is 17.9 Å². The van der Waals surface area contributed by atoms with Crippen molar-refractivity contribution in [3.8, 4) is 0 Å². The number of carbonyl (C=O) groups excluding carboxylic acids is 1. The van der Waals surface area contributed by atoms with E-state index in [2.05, 4.69) is 32.8 Å². The number of piperidine rings is 1. The molecule has 0 spiro atoms. The Hall–Kier alpha value is -1.05. The van der Waals surface area contributed by atoms with Crippen molar-refractivity contribution in [2.45, 2.75) is 38.8 Å². The summed E-state index contributed by atoms with van der Waals surface area (Å²) < 4.78 is 14.4. The highest BCUT2D eigenvalue weighted by Gasteiger charge is 2.25. The van der Waals surface area contributed by atoms with Crippen molar-refractivity contribution in [2.24, 2.45) is 0 Å². The molecule has 0 aromatic heterocycles. The van der Waals surface area contributed by atoms with Crippen LogP contribution in [0.4, 0.5) is 14.9 Å². The predicted molar refractivity (Wildman–Crippen MR) is 95.8 cm³/mol. The highest BCUT2D eigenvalue weighted by atomic mass is 127. The summed E-state index contributed by atoms with van der Waals surface area (Å²) in [5.74, 6) is -0.206. The van der Waals surface area contributed by atoms with Crippen LogP contribution in [0.1, 0.15) is 26.7 Å². The maximum absolute atomic E-state index is 13.6. The number of amides is 2. The molecule has 1 heterocycles. The van der Waals surface area contributed by atoms with E-state index in [0.29, 0.717) is 6.04 Å². The normalized spacial score (nSPS) is 16.0. The Labute approximate surface area is 145 Å². The van der Waals surface area contributed by atoms with Crippen LogP contribution in [0.2, 0.25) is 0 Å². The molecule has 22 heavy (non-hydrogen) atoms. The second-order valence-electron chi connectivity index (χ2n) is 6.06. The van der Waals surface area contributed by atoms with Gasteiger partial charge in [0.2, 0.25) is 0 Å². The van der Waals surface area contributed by atoms with E-state index in [1.54, 1.807) is 6.07 Å². The number of hydrogen-bond acceptors (Lipinski definition) is 2. The quantitative estimate of drug-likeness (QED) is 0.762. The molecule has 122 valence electrons. The molecule has 0 saturated carbocycles. The van der Waals surface area contributed by atoms with Crippen molar-refractivity contribution < 1.29 is 9.18 Å². The van der Waals surface area contributed by atoms with Gasteiger partial charge >= 0.3 is 6.03 Å². The molecule has 0 radical (unpaired) electrons. The van der Waals surface area contributed by atoms with Gasteiger partial charge in [0.25, 0.3) is 0 Å². The number of likely N-dealkylation sites (tertiary alicyclic amines) is 1. The second kappa shape index (κ2) is 7.48. The fraction of sp³-hybridized carbons (Fsp3) is 0.562. The number of urea groups is 1. The average Bonchev–Trinajstić information content (AvgIpc) is 2.45. The number of rotatable bonds is 3. The molecule has 0 aliphatic carbocycles. The molecule has 1 aromatic rings. The summed E-state index contributed by atoms with van der Waals surface area (Å²) in [5.41, 5.74) is 0.898. The third-order valence-electron chi connectivity index (χ3n) is 3.97. The van der Waals surface area contributed by atoms with Gasteiger partial charge < -0.3 is 15.1 Å². The highest BCUT2D eigenvalue weighted by molar-refractivity contribution is 14.1. The molecule has 4 nitrogen and oxygen atoms in total. The van der Waals surface area contributed by atoms with Crippen molar-refractivity contribution in [1.82, 2.24) is 10.2 Å². The Morgan fingerprint density at radius 2 is 2.00 bits per heavy atom. The van der Waals surface area contributed by atoms with Gasteiger partial charge in [-0.05, 0) is 67.5 Å². The lowest BCUT2D eigenvalue weighted by atomic mass is 10.0. The Balaban J connectivity index is 1.94. The zero-order valence-corrected chi connectivity index (χ0v) is 15.4. The van der Waals surface area contributed by atoms with E-state index in [1.165, 1.54) is 6.07 Å². The molecular weight excluding hydrogens is 396 g/mol. The lowest BCUT2D eigenvalue weighted by Crippen LogP contribution is -2.50. The van der Waals surface area contributed by atoms with Gasteiger partial charge in [-0.3, -0.25) is 0 Å². The van der Waals surface area contributed by atoms with E-state index < -0.39 is 0 Å². The zero-order valence-electron chi connectivity index (χ0n) is 13.3. The van der Waals surface area contributed by atoms with E-state index in [9.17, 15) is 9.18 Å². The molecule has 0 atom stereocenters. The van der Waals surface area contributed by atoms with Gasteiger partial charge in [-0.1, -0.05) is 0 Å². The SMILES string of the molecule is CC(C)NC(=O)N1CCC(N(C)c2cc(F)cc(I)c2)CC1. The van der Waals surface area contributed by atoms with Crippen molar-refractivity contribution >= 4 is 34.3 Å². The molecule has 1 N–H and O–H groups in total. The van der Waals surface area contributed by atoms with Gasteiger partial charge in [0, 0.05) is 41.5 Å². The molecule has 6 heteroatoms. The summed E-state index contributed by atoms with van der Waals surface area (Å²) >= 11 is 2.13. The monoisotopic (exact) mass is 419 g/mol. The fourth-order valence-electron chi connectivity index (χ4n) is 2.75. The molecule has 1 saturated heterocycles. The number of halogens is 2. The van der Waals surface area contributed by atoms with Gasteiger partial charge in [0.1, 0.15) is 5.82 Å². The lowest BCUT2D eigenvalue weighted by molar-refractivity contribution is 0.178. The molecule has 1 fully saturated rings. The van der Waals surface area contributed by atoms with Crippen LogP contribution in [0.5, 0.6) is 0 Å². The second-order valence-corrected chi connectivity index (χ2v) is 7.31. The molecule has 1 aliphatic rings. The molecule has 1 aliphatic heterocycles. The van der Waals surface area contributed by atoms with Crippen LogP contribution in [0.15, 0.2) is 18.2 Å². The van der Waals surface area contributed by atoms with Crippen molar-refractivity contribution in [2.75, 3.05) is 25.0 Å². The first kappa shape index (κ1) is 17.3. The first-order valence-electron chi connectivity index (χ1n) is 7.61. The summed E-state index contributed by atoms with van der Waals surface area (Å²) in [6.07, 6.45) is 1.80. The summed E-state index contributed by atoms with van der Waals surface area (Å²) in [6.45, 7) is 5.40. The number of hydrogen-bond donors (Lipinski definition) is 1. The van der Waals surface area contributed by atoms with Gasteiger partial charge in [-0.15, -0.1) is 0 Å². The first-order chi connectivity index (χ1) is 10.4. The first-order valence-corrected chi connectivity index (χ1v) is 8.69. The maximum atomic E-state index is 13.6. The topological polar surface area (TPSA) is 35.6 Å². The molecule has 2 rings (SSSR count). The van der Waals surface area contributed by atoms with E-state index in [1.807, 2.05) is 31.9 Å². The third-order valence-corrected chi connectivity index (χ3v) is 4.59. The zero-order chi connectivity index (χ0) is 16.3. The lowest BCUT2D eigenvalue weighted by Gasteiger charge is -2.38. The Morgan fingerprint density at radius 3 is 2.55 bits per heavy atom. The van der Waals surface area contributed by atoms with Crippen LogP contribution in [-0.2, 0) is 0 Å². The molecule has 2 amide bonds. The van der Waals surface area contributed by atoms with E-state index in [0.717, 1.165) is 35.2 Å². The molecule has 0 bridgehead atoms. The van der Waals surface area contributed by atoms with Crippen LogP contribution < -0.4 is 10.2 Å². The van der Waals surface area contributed by atoms with Crippen molar-refractivity contribution in [3.05, 3.63) is 27.6 Å². The minimum Gasteiger partial charge on any atom is -0.371 e. The Bertz CT molecular complexity index is 510. The number of benzene rings is 1. The molecule has 0 unspecified atom stereocenters. The van der Waals surface area contributed by atoms with E-state index >= 15 is 0 Å². The fourth-order valence-corrected chi connectivity index (χ4v) is 3.36.